The minimum absolute atomic E-state index is 0.140. The van der Waals surface area contributed by atoms with Gasteiger partial charge in [0.05, 0.1) is 12.2 Å². The van der Waals surface area contributed by atoms with Crippen molar-refractivity contribution >= 4 is 22.8 Å². The molecule has 0 aliphatic carbocycles. The van der Waals surface area contributed by atoms with Crippen molar-refractivity contribution in [3.8, 4) is 0 Å². The van der Waals surface area contributed by atoms with Crippen LogP contribution in [0.15, 0.2) is 121 Å². The van der Waals surface area contributed by atoms with E-state index in [1.807, 2.05) is 84.9 Å². The number of esters is 1. The van der Waals surface area contributed by atoms with Crippen molar-refractivity contribution in [1.29, 1.82) is 0 Å². The molecule has 5 heteroatoms. The average Bonchev–Trinajstić information content (AvgIpc) is 2.90. The fourth-order valence-corrected chi connectivity index (χ4v) is 2.66. The van der Waals surface area contributed by atoms with E-state index < -0.39 is 5.24 Å². The lowest BCUT2D eigenvalue weighted by Gasteiger charge is -2.04. The molecular formula is C28H25ClO4. The standard InChI is InChI=1S/C14H12O2.C7H5ClO.C7H8O/c15-14(13-9-5-2-6-10-13)16-11-12-7-3-1-4-8-12;8-7(9)6-4-2-1-3-5-6;8-6-7-4-2-1-3-5-7/h1-10H,11H2;1-5H;1-5,8H,6H2. The molecule has 0 saturated carbocycles. The van der Waals surface area contributed by atoms with Crippen molar-refractivity contribution in [2.75, 3.05) is 0 Å². The summed E-state index contributed by atoms with van der Waals surface area (Å²) in [6.07, 6.45) is 0. The molecule has 1 N–H and O–H groups in total. The summed E-state index contributed by atoms with van der Waals surface area (Å²) in [5.74, 6) is -0.288. The quantitative estimate of drug-likeness (QED) is 0.281. The second-order valence-electron chi connectivity index (χ2n) is 6.71. The summed E-state index contributed by atoms with van der Waals surface area (Å²) in [7, 11) is 0. The fraction of sp³-hybridized carbons (Fsp3) is 0.0714. The summed E-state index contributed by atoms with van der Waals surface area (Å²) < 4.78 is 5.18. The Labute approximate surface area is 199 Å². The first-order chi connectivity index (χ1) is 16.1. The highest BCUT2D eigenvalue weighted by atomic mass is 35.5. The molecule has 4 aromatic carbocycles. The molecule has 0 unspecified atom stereocenters. The van der Waals surface area contributed by atoms with Crippen LogP contribution >= 0.6 is 11.6 Å². The Morgan fingerprint density at radius 3 is 1.36 bits per heavy atom. The monoisotopic (exact) mass is 460 g/mol. The second kappa shape index (κ2) is 15.1. The number of rotatable bonds is 5. The zero-order valence-electron chi connectivity index (χ0n) is 18.0. The summed E-state index contributed by atoms with van der Waals surface area (Å²) in [6.45, 7) is 0.454. The molecule has 0 aliphatic heterocycles. The molecule has 0 spiro atoms. The van der Waals surface area contributed by atoms with Gasteiger partial charge in [0.1, 0.15) is 6.61 Å². The number of carbonyl (C=O) groups excluding carboxylic acids is 2. The molecule has 0 aliphatic rings. The topological polar surface area (TPSA) is 63.6 Å². The maximum atomic E-state index is 11.6. The first-order valence-electron chi connectivity index (χ1n) is 10.3. The van der Waals surface area contributed by atoms with Crippen LogP contribution in [0, 0.1) is 0 Å². The minimum Gasteiger partial charge on any atom is -0.457 e. The van der Waals surface area contributed by atoms with E-state index in [1.54, 1.807) is 36.4 Å². The van der Waals surface area contributed by atoms with Crippen LogP contribution in [0.4, 0.5) is 0 Å². The lowest BCUT2D eigenvalue weighted by atomic mass is 10.2. The Morgan fingerprint density at radius 2 is 1.00 bits per heavy atom. The Balaban J connectivity index is 0.000000192. The van der Waals surface area contributed by atoms with Crippen LogP contribution in [-0.4, -0.2) is 16.3 Å². The van der Waals surface area contributed by atoms with Gasteiger partial charge >= 0.3 is 5.97 Å². The Hall–Kier alpha value is -3.73. The smallest absolute Gasteiger partial charge is 0.338 e. The molecule has 0 bridgehead atoms. The number of aliphatic hydroxyl groups excluding tert-OH is 1. The molecule has 0 aromatic heterocycles. The van der Waals surface area contributed by atoms with Gasteiger partial charge in [-0.25, -0.2) is 4.79 Å². The van der Waals surface area contributed by atoms with Gasteiger partial charge in [-0.15, -0.1) is 0 Å². The van der Waals surface area contributed by atoms with E-state index in [-0.39, 0.29) is 12.6 Å². The van der Waals surface area contributed by atoms with Gasteiger partial charge in [0, 0.05) is 5.56 Å². The van der Waals surface area contributed by atoms with Crippen LogP contribution in [0.3, 0.4) is 0 Å². The molecule has 0 saturated heterocycles. The van der Waals surface area contributed by atoms with E-state index in [0.717, 1.165) is 11.1 Å². The van der Waals surface area contributed by atoms with Crippen molar-refractivity contribution in [2.24, 2.45) is 0 Å². The third kappa shape index (κ3) is 10.4. The van der Waals surface area contributed by atoms with Gasteiger partial charge < -0.3 is 9.84 Å². The van der Waals surface area contributed by atoms with Crippen molar-refractivity contribution in [1.82, 2.24) is 0 Å². The van der Waals surface area contributed by atoms with E-state index in [4.69, 9.17) is 21.4 Å². The molecule has 4 nitrogen and oxygen atoms in total. The van der Waals surface area contributed by atoms with Gasteiger partial charge in [0.15, 0.2) is 0 Å². The number of halogens is 1. The average molecular weight is 461 g/mol. The molecule has 168 valence electrons. The highest BCUT2D eigenvalue weighted by Crippen LogP contribution is 2.05. The molecule has 0 amide bonds. The fourth-order valence-electron chi connectivity index (χ4n) is 2.53. The Bertz CT molecular complexity index is 1070. The van der Waals surface area contributed by atoms with E-state index in [9.17, 15) is 9.59 Å². The van der Waals surface area contributed by atoms with E-state index in [1.165, 1.54) is 0 Å². The predicted octanol–water partition coefficient (Wildman–Crippen LogP) is 6.29. The molecule has 0 atom stereocenters. The number of aliphatic hydroxyl groups is 1. The Morgan fingerprint density at radius 1 is 0.606 bits per heavy atom. The van der Waals surface area contributed by atoms with Crippen LogP contribution in [0.2, 0.25) is 0 Å². The minimum atomic E-state index is -0.407. The molecule has 4 aromatic rings. The van der Waals surface area contributed by atoms with Crippen molar-refractivity contribution in [2.45, 2.75) is 13.2 Å². The summed E-state index contributed by atoms with van der Waals surface area (Å²) in [5.41, 5.74) is 3.08. The number of carbonyl (C=O) groups is 2. The second-order valence-corrected chi connectivity index (χ2v) is 7.05. The predicted molar refractivity (Wildman–Crippen MR) is 131 cm³/mol. The molecule has 0 fully saturated rings. The highest BCUT2D eigenvalue weighted by Gasteiger charge is 2.05. The van der Waals surface area contributed by atoms with Gasteiger partial charge in [0.25, 0.3) is 5.24 Å². The SMILES string of the molecule is O=C(Cl)c1ccccc1.O=C(OCc1ccccc1)c1ccccc1.OCc1ccccc1. The molecular weight excluding hydrogens is 436 g/mol. The van der Waals surface area contributed by atoms with E-state index in [2.05, 4.69) is 0 Å². The van der Waals surface area contributed by atoms with Crippen molar-refractivity contribution in [3.63, 3.8) is 0 Å². The first kappa shape index (κ1) is 25.5. The van der Waals surface area contributed by atoms with Crippen LogP contribution in [0.5, 0.6) is 0 Å². The lowest BCUT2D eigenvalue weighted by molar-refractivity contribution is 0.0472. The van der Waals surface area contributed by atoms with Gasteiger partial charge in [-0.2, -0.15) is 0 Å². The van der Waals surface area contributed by atoms with Crippen LogP contribution < -0.4 is 0 Å². The molecule has 0 radical (unpaired) electrons. The zero-order valence-corrected chi connectivity index (χ0v) is 18.8. The zero-order chi connectivity index (χ0) is 23.7. The van der Waals surface area contributed by atoms with Crippen molar-refractivity contribution < 1.29 is 19.4 Å². The van der Waals surface area contributed by atoms with Crippen LogP contribution in [0.25, 0.3) is 0 Å². The maximum absolute atomic E-state index is 11.6. The van der Waals surface area contributed by atoms with Gasteiger partial charge in [-0.3, -0.25) is 4.79 Å². The summed E-state index contributed by atoms with van der Waals surface area (Å²) in [6, 6.07) is 36.9. The molecule has 0 heterocycles. The third-order valence-electron chi connectivity index (χ3n) is 4.25. The summed E-state index contributed by atoms with van der Waals surface area (Å²) in [4.78, 5) is 22.0. The van der Waals surface area contributed by atoms with E-state index in [0.29, 0.717) is 17.7 Å². The van der Waals surface area contributed by atoms with Crippen LogP contribution in [-0.2, 0) is 18.0 Å². The first-order valence-corrected chi connectivity index (χ1v) is 10.6. The number of hydrogen-bond acceptors (Lipinski definition) is 4. The van der Waals surface area contributed by atoms with Gasteiger partial charge in [-0.05, 0) is 34.9 Å². The van der Waals surface area contributed by atoms with Gasteiger partial charge in [0.2, 0.25) is 0 Å². The molecule has 33 heavy (non-hydrogen) atoms. The largest absolute Gasteiger partial charge is 0.457 e. The van der Waals surface area contributed by atoms with Gasteiger partial charge in [-0.1, -0.05) is 109 Å². The summed E-state index contributed by atoms with van der Waals surface area (Å²) >= 11 is 5.16. The number of benzene rings is 4. The van der Waals surface area contributed by atoms with Crippen molar-refractivity contribution in [3.05, 3.63) is 144 Å². The maximum Gasteiger partial charge on any atom is 0.338 e. The summed E-state index contributed by atoms with van der Waals surface area (Å²) in [5, 5.41) is 8.13. The number of ether oxygens (including phenoxy) is 1. The highest BCUT2D eigenvalue weighted by molar-refractivity contribution is 6.67. The lowest BCUT2D eigenvalue weighted by Crippen LogP contribution is -2.04. The normalized spacial score (nSPS) is 9.39. The van der Waals surface area contributed by atoms with E-state index >= 15 is 0 Å². The van der Waals surface area contributed by atoms with Crippen LogP contribution in [0.1, 0.15) is 31.8 Å². The Kier molecular flexibility index (Phi) is 11.7. The number of hydrogen-bond donors (Lipinski definition) is 1. The third-order valence-corrected chi connectivity index (χ3v) is 4.47. The molecule has 4 rings (SSSR count).